The summed E-state index contributed by atoms with van der Waals surface area (Å²) in [6, 6.07) is 4.89. The van der Waals surface area contributed by atoms with E-state index in [1.54, 1.807) is 11.6 Å². The largest absolute Gasteiger partial charge is 0.421 e. The number of nitrogens with one attached hydrogen (secondary N) is 1. The molecule has 1 atom stereocenters. The van der Waals surface area contributed by atoms with Crippen molar-refractivity contribution in [3.63, 3.8) is 0 Å². The Labute approximate surface area is 261 Å². The predicted molar refractivity (Wildman–Crippen MR) is 151 cm³/mol. The van der Waals surface area contributed by atoms with Crippen LogP contribution in [0.4, 0.5) is 51.1 Å². The molecule has 5 rings (SSSR count). The van der Waals surface area contributed by atoms with Crippen LogP contribution in [0.15, 0.2) is 36.7 Å². The number of aromatic nitrogens is 6. The molecule has 0 aliphatic heterocycles. The third-order valence-electron chi connectivity index (χ3n) is 8.27. The van der Waals surface area contributed by atoms with Crippen LogP contribution in [0.5, 0.6) is 0 Å². The van der Waals surface area contributed by atoms with Gasteiger partial charge >= 0.3 is 18.5 Å². The number of aliphatic hydroxyl groups is 1. The second kappa shape index (κ2) is 11.2. The van der Waals surface area contributed by atoms with E-state index in [1.807, 2.05) is 0 Å². The van der Waals surface area contributed by atoms with Gasteiger partial charge in [0.2, 0.25) is 5.54 Å². The number of aryl methyl sites for hydroxylation is 1. The molecule has 4 aromatic rings. The lowest BCUT2D eigenvalue weighted by molar-refractivity contribution is -0.301. The Balaban J connectivity index is 1.51. The minimum absolute atomic E-state index is 0.00675. The summed E-state index contributed by atoms with van der Waals surface area (Å²) in [5.74, 6) is 0.955. The van der Waals surface area contributed by atoms with Crippen molar-refractivity contribution in [3.8, 4) is 17.1 Å². The Morgan fingerprint density at radius 3 is 2.02 bits per heavy atom. The molecule has 254 valence electrons. The summed E-state index contributed by atoms with van der Waals surface area (Å²) in [5, 5.41) is 22.2. The zero-order valence-electron chi connectivity index (χ0n) is 25.3. The number of nitrogens with zero attached hydrogens (tertiary/aromatic N) is 6. The van der Waals surface area contributed by atoms with Crippen LogP contribution in [0, 0.1) is 26.7 Å². The third kappa shape index (κ3) is 5.92. The molecule has 1 saturated carbocycles. The van der Waals surface area contributed by atoms with Gasteiger partial charge in [-0.2, -0.15) is 49.7 Å². The molecule has 0 radical (unpaired) electrons. The van der Waals surface area contributed by atoms with Gasteiger partial charge in [0.1, 0.15) is 18.0 Å². The van der Waals surface area contributed by atoms with Gasteiger partial charge in [-0.1, -0.05) is 24.3 Å². The van der Waals surface area contributed by atoms with Gasteiger partial charge in [-0.25, -0.2) is 19.3 Å². The molecule has 1 aliphatic rings. The van der Waals surface area contributed by atoms with Gasteiger partial charge in [0.25, 0.3) is 0 Å². The van der Waals surface area contributed by atoms with Crippen LogP contribution in [0.3, 0.4) is 0 Å². The number of anilines is 2. The molecule has 9 nitrogen and oxygen atoms in total. The maximum atomic E-state index is 13.6. The highest BCUT2D eigenvalue weighted by Crippen LogP contribution is 2.48. The normalized spacial score (nSPS) is 16.0. The summed E-state index contributed by atoms with van der Waals surface area (Å²) < 4.78 is 125. The Kier molecular flexibility index (Phi) is 8.15. The van der Waals surface area contributed by atoms with Crippen molar-refractivity contribution in [3.05, 3.63) is 64.7 Å². The quantitative estimate of drug-likeness (QED) is 0.179. The van der Waals surface area contributed by atoms with E-state index in [0.29, 0.717) is 37.0 Å². The molecule has 0 spiro atoms. The first-order valence-electron chi connectivity index (χ1n) is 14.1. The summed E-state index contributed by atoms with van der Waals surface area (Å²) in [7, 11) is 0. The van der Waals surface area contributed by atoms with Gasteiger partial charge in [-0.05, 0) is 52.0 Å². The number of hydrogen-bond acceptors (Lipinski definition) is 7. The molecule has 0 amide bonds. The number of halogens is 9. The molecular weight excluding hydrogens is 647 g/mol. The lowest BCUT2D eigenvalue weighted by Crippen LogP contribution is -2.60. The van der Waals surface area contributed by atoms with Crippen LogP contribution in [0.1, 0.15) is 47.8 Å². The van der Waals surface area contributed by atoms with E-state index in [9.17, 15) is 44.6 Å². The first-order valence-corrected chi connectivity index (χ1v) is 14.1. The molecule has 3 heterocycles. The lowest BCUT2D eigenvalue weighted by atomic mass is 9.88. The van der Waals surface area contributed by atoms with Crippen LogP contribution in [0.25, 0.3) is 17.1 Å². The van der Waals surface area contributed by atoms with E-state index in [0.717, 1.165) is 36.0 Å². The minimum Gasteiger partial charge on any atom is -0.376 e. The van der Waals surface area contributed by atoms with Crippen molar-refractivity contribution >= 4 is 11.6 Å². The molecule has 0 bridgehead atoms. The maximum Gasteiger partial charge on any atom is 0.421 e. The first-order chi connectivity index (χ1) is 21.6. The van der Waals surface area contributed by atoms with Gasteiger partial charge in [-0.15, -0.1) is 0 Å². The van der Waals surface area contributed by atoms with Crippen molar-refractivity contribution in [2.75, 3.05) is 5.32 Å². The highest BCUT2D eigenvalue weighted by Gasteiger charge is 2.69. The average molecular weight is 677 g/mol. The molecule has 3 aromatic heterocycles. The van der Waals surface area contributed by atoms with Crippen molar-refractivity contribution in [2.24, 2.45) is 11.7 Å². The molecular formula is C29H29F9N8O. The highest BCUT2D eigenvalue weighted by molar-refractivity contribution is 5.72. The first kappa shape index (κ1) is 34.2. The second-order valence-electron chi connectivity index (χ2n) is 11.7. The van der Waals surface area contributed by atoms with Crippen molar-refractivity contribution in [1.82, 2.24) is 29.5 Å². The number of nitrogens with two attached hydrogens (primary N) is 1. The fourth-order valence-electron chi connectivity index (χ4n) is 5.40. The highest BCUT2D eigenvalue weighted by atomic mass is 19.4. The van der Waals surface area contributed by atoms with E-state index in [-0.39, 0.29) is 40.2 Å². The Bertz CT molecular complexity index is 1770. The van der Waals surface area contributed by atoms with E-state index >= 15 is 0 Å². The maximum absolute atomic E-state index is 13.6. The number of alkyl halides is 9. The van der Waals surface area contributed by atoms with Crippen molar-refractivity contribution < 1.29 is 44.6 Å². The van der Waals surface area contributed by atoms with E-state index in [1.165, 1.54) is 19.9 Å². The summed E-state index contributed by atoms with van der Waals surface area (Å²) >= 11 is 0. The summed E-state index contributed by atoms with van der Waals surface area (Å²) in [6.45, 7) is 5.41. The topological polar surface area (TPSA) is 120 Å². The van der Waals surface area contributed by atoms with Gasteiger partial charge < -0.3 is 16.2 Å². The van der Waals surface area contributed by atoms with Crippen LogP contribution in [-0.4, -0.2) is 53.2 Å². The standard InChI is InChI=1S/C29H29F9N8O/c1-14-23(18-7-9-19(10-8-18)26(39,28(33,34)35)29(36,37)38)44-45(12-17-5-6-17)24(14)42-20-11-21(41-13-40-20)46-16(3)22(15(2)43-46)25(4,47)27(30,31)32/h7-11,13,17,47H,5-6,12,39H2,1-4H3,(H,40,41,42). The Hall–Kier alpha value is -4.19. The third-order valence-corrected chi connectivity index (χ3v) is 8.27. The van der Waals surface area contributed by atoms with Crippen molar-refractivity contribution in [1.29, 1.82) is 0 Å². The lowest BCUT2D eigenvalue weighted by Gasteiger charge is -2.34. The van der Waals surface area contributed by atoms with E-state index in [4.69, 9.17) is 5.73 Å². The molecule has 0 saturated heterocycles. The predicted octanol–water partition coefficient (Wildman–Crippen LogP) is 6.65. The van der Waals surface area contributed by atoms with Crippen LogP contribution >= 0.6 is 0 Å². The average Bonchev–Trinajstić information content (AvgIpc) is 3.66. The van der Waals surface area contributed by atoms with Gasteiger partial charge in [0.15, 0.2) is 11.4 Å². The summed E-state index contributed by atoms with van der Waals surface area (Å²) in [4.78, 5) is 8.31. The fourth-order valence-corrected chi connectivity index (χ4v) is 5.40. The van der Waals surface area contributed by atoms with Gasteiger partial charge in [-0.3, -0.25) is 0 Å². The zero-order valence-corrected chi connectivity index (χ0v) is 25.3. The molecule has 1 aromatic carbocycles. The van der Waals surface area contributed by atoms with E-state index in [2.05, 4.69) is 25.5 Å². The molecule has 47 heavy (non-hydrogen) atoms. The smallest absolute Gasteiger partial charge is 0.376 e. The van der Waals surface area contributed by atoms with Gasteiger partial charge in [0.05, 0.1) is 11.4 Å². The Morgan fingerprint density at radius 1 is 0.894 bits per heavy atom. The van der Waals surface area contributed by atoms with Crippen LogP contribution in [-0.2, 0) is 17.7 Å². The number of rotatable bonds is 8. The number of benzene rings is 1. The van der Waals surface area contributed by atoms with Gasteiger partial charge in [0, 0.05) is 35.0 Å². The molecule has 1 unspecified atom stereocenters. The van der Waals surface area contributed by atoms with Crippen molar-refractivity contribution in [2.45, 2.75) is 76.8 Å². The van der Waals surface area contributed by atoms with Crippen LogP contribution < -0.4 is 11.1 Å². The molecule has 1 fully saturated rings. The second-order valence-corrected chi connectivity index (χ2v) is 11.7. The minimum atomic E-state index is -5.81. The monoisotopic (exact) mass is 676 g/mol. The SMILES string of the molecule is Cc1nn(-c2cc(Nc3c(C)c(-c4ccc(C(N)(C(F)(F)F)C(F)(F)F)cc4)nn3CC3CC3)ncn2)c(C)c1C(C)(O)C(F)(F)F. The fraction of sp³-hybridized carbons (Fsp3) is 0.448. The zero-order chi connectivity index (χ0) is 34.9. The molecule has 4 N–H and O–H groups in total. The Morgan fingerprint density at radius 2 is 1.49 bits per heavy atom. The summed E-state index contributed by atoms with van der Waals surface area (Å²) in [5.41, 5.74) is -3.54. The number of hydrogen-bond donors (Lipinski definition) is 3. The van der Waals surface area contributed by atoms with E-state index < -0.39 is 40.8 Å². The van der Waals surface area contributed by atoms with Crippen LogP contribution in [0.2, 0.25) is 0 Å². The molecule has 18 heteroatoms. The molecule has 1 aliphatic carbocycles. The summed E-state index contributed by atoms with van der Waals surface area (Å²) in [6.07, 6.45) is -13.6.